The molecule has 102 valence electrons. The maximum atomic E-state index is 9.49. The highest BCUT2D eigenvalue weighted by molar-refractivity contribution is 6.31. The largest absolute Gasteiger partial charge is 0.488 e. The number of nitrogens with one attached hydrogen (secondary N) is 1. The van der Waals surface area contributed by atoms with Crippen molar-refractivity contribution in [2.24, 2.45) is 0 Å². The van der Waals surface area contributed by atoms with E-state index in [1.165, 1.54) is 0 Å². The topological polar surface area (TPSA) is 41.5 Å². The Balaban J connectivity index is 2.86. The van der Waals surface area contributed by atoms with Crippen LogP contribution in [0.3, 0.4) is 0 Å². The molecule has 1 aromatic rings. The molecular formula is C14H22ClNO2. The van der Waals surface area contributed by atoms with E-state index >= 15 is 0 Å². The summed E-state index contributed by atoms with van der Waals surface area (Å²) >= 11 is 6.19. The molecule has 2 unspecified atom stereocenters. The summed E-state index contributed by atoms with van der Waals surface area (Å²) in [4.78, 5) is 0. The molecule has 0 bridgehead atoms. The number of aliphatic hydroxyl groups is 1. The normalized spacial score (nSPS) is 14.6. The summed E-state index contributed by atoms with van der Waals surface area (Å²) in [5, 5.41) is 13.5. The molecule has 2 atom stereocenters. The summed E-state index contributed by atoms with van der Waals surface area (Å²) in [7, 11) is 0. The van der Waals surface area contributed by atoms with Gasteiger partial charge in [-0.05, 0) is 26.0 Å². The number of hydrogen-bond donors (Lipinski definition) is 2. The van der Waals surface area contributed by atoms with Crippen LogP contribution >= 0.6 is 11.6 Å². The van der Waals surface area contributed by atoms with Crippen LogP contribution in [0.2, 0.25) is 5.02 Å². The summed E-state index contributed by atoms with van der Waals surface area (Å²) < 4.78 is 5.75. The van der Waals surface area contributed by atoms with Crippen LogP contribution in [0.4, 0.5) is 0 Å². The lowest BCUT2D eigenvalue weighted by atomic mass is 10.1. The average molecular weight is 272 g/mol. The van der Waals surface area contributed by atoms with Gasteiger partial charge in [0, 0.05) is 23.2 Å². The van der Waals surface area contributed by atoms with Crippen LogP contribution in [0.5, 0.6) is 5.75 Å². The third-order valence-corrected chi connectivity index (χ3v) is 3.11. The highest BCUT2D eigenvalue weighted by Crippen LogP contribution is 2.27. The number of hydrogen-bond acceptors (Lipinski definition) is 3. The fourth-order valence-corrected chi connectivity index (χ4v) is 1.66. The minimum atomic E-state index is -0.519. The van der Waals surface area contributed by atoms with Crippen LogP contribution in [-0.2, 0) is 6.54 Å². The van der Waals surface area contributed by atoms with Gasteiger partial charge >= 0.3 is 0 Å². The lowest BCUT2D eigenvalue weighted by molar-refractivity contribution is 0.0597. The van der Waals surface area contributed by atoms with Crippen molar-refractivity contribution in [2.75, 3.05) is 0 Å². The van der Waals surface area contributed by atoms with Crippen LogP contribution in [0.15, 0.2) is 18.2 Å². The molecule has 0 fully saturated rings. The second-order valence-corrected chi connectivity index (χ2v) is 5.22. The van der Waals surface area contributed by atoms with E-state index in [1.54, 1.807) is 6.92 Å². The molecule has 0 heterocycles. The molecular weight excluding hydrogens is 250 g/mol. The minimum Gasteiger partial charge on any atom is -0.488 e. The van der Waals surface area contributed by atoms with Gasteiger partial charge in [-0.25, -0.2) is 0 Å². The van der Waals surface area contributed by atoms with Gasteiger partial charge < -0.3 is 15.2 Å². The van der Waals surface area contributed by atoms with E-state index < -0.39 is 6.10 Å². The third kappa shape index (κ3) is 4.48. The number of ether oxygens (including phenoxy) is 1. The Kier molecular flexibility index (Phi) is 5.93. The zero-order valence-corrected chi connectivity index (χ0v) is 12.2. The van der Waals surface area contributed by atoms with Gasteiger partial charge in [0.1, 0.15) is 11.9 Å². The quantitative estimate of drug-likeness (QED) is 0.836. The molecule has 0 saturated carbocycles. The standard InChI is InChI=1S/C14H22ClNO2/c1-9(2)16-8-12-13(15)6-5-7-14(12)18-11(4)10(3)17/h5-7,9-11,16-17H,8H2,1-4H3. The summed E-state index contributed by atoms with van der Waals surface area (Å²) in [5.41, 5.74) is 0.931. The molecule has 0 aliphatic heterocycles. The summed E-state index contributed by atoms with van der Waals surface area (Å²) in [6, 6.07) is 5.95. The van der Waals surface area contributed by atoms with Gasteiger partial charge in [0.15, 0.2) is 0 Å². The Hall–Kier alpha value is -0.770. The van der Waals surface area contributed by atoms with Gasteiger partial charge in [0.05, 0.1) is 6.10 Å². The van der Waals surface area contributed by atoms with Gasteiger partial charge in [-0.1, -0.05) is 31.5 Å². The summed E-state index contributed by atoms with van der Waals surface area (Å²) in [6.07, 6.45) is -0.781. The Morgan fingerprint density at radius 2 is 1.94 bits per heavy atom. The van der Waals surface area contributed by atoms with Crippen molar-refractivity contribution in [3.63, 3.8) is 0 Å². The second-order valence-electron chi connectivity index (χ2n) is 4.82. The first-order valence-corrected chi connectivity index (χ1v) is 6.65. The van der Waals surface area contributed by atoms with E-state index in [2.05, 4.69) is 19.2 Å². The Morgan fingerprint density at radius 1 is 1.28 bits per heavy atom. The first-order chi connectivity index (χ1) is 8.41. The molecule has 4 heteroatoms. The van der Waals surface area contributed by atoms with Crippen molar-refractivity contribution >= 4 is 11.6 Å². The molecule has 1 rings (SSSR count). The fourth-order valence-electron chi connectivity index (χ4n) is 1.43. The van der Waals surface area contributed by atoms with Gasteiger partial charge in [-0.15, -0.1) is 0 Å². The van der Waals surface area contributed by atoms with Crippen LogP contribution in [-0.4, -0.2) is 23.4 Å². The Morgan fingerprint density at radius 3 is 2.50 bits per heavy atom. The predicted molar refractivity (Wildman–Crippen MR) is 75.2 cm³/mol. The molecule has 3 nitrogen and oxygen atoms in total. The van der Waals surface area contributed by atoms with Gasteiger partial charge in [-0.2, -0.15) is 0 Å². The molecule has 1 aromatic carbocycles. The molecule has 0 amide bonds. The average Bonchev–Trinajstić information content (AvgIpc) is 2.27. The van der Waals surface area contributed by atoms with Crippen molar-refractivity contribution < 1.29 is 9.84 Å². The number of rotatable bonds is 6. The van der Waals surface area contributed by atoms with Crippen molar-refractivity contribution in [3.05, 3.63) is 28.8 Å². The lowest BCUT2D eigenvalue weighted by Gasteiger charge is -2.21. The van der Waals surface area contributed by atoms with Crippen LogP contribution in [0.1, 0.15) is 33.3 Å². The van der Waals surface area contributed by atoms with E-state index in [4.69, 9.17) is 16.3 Å². The zero-order valence-electron chi connectivity index (χ0n) is 11.4. The smallest absolute Gasteiger partial charge is 0.125 e. The van der Waals surface area contributed by atoms with Crippen LogP contribution < -0.4 is 10.1 Å². The molecule has 2 N–H and O–H groups in total. The van der Waals surface area contributed by atoms with Crippen molar-refractivity contribution in [1.82, 2.24) is 5.32 Å². The Labute approximate surface area is 114 Å². The molecule has 0 saturated heterocycles. The van der Waals surface area contributed by atoms with Crippen molar-refractivity contribution in [1.29, 1.82) is 0 Å². The van der Waals surface area contributed by atoms with E-state index in [0.717, 1.165) is 11.3 Å². The van der Waals surface area contributed by atoms with Crippen molar-refractivity contribution in [3.8, 4) is 5.75 Å². The van der Waals surface area contributed by atoms with E-state index in [-0.39, 0.29) is 6.10 Å². The number of aliphatic hydroxyl groups excluding tert-OH is 1. The highest BCUT2D eigenvalue weighted by Gasteiger charge is 2.14. The van der Waals surface area contributed by atoms with Gasteiger partial charge in [0.2, 0.25) is 0 Å². The van der Waals surface area contributed by atoms with E-state index in [1.807, 2.05) is 25.1 Å². The fraction of sp³-hybridized carbons (Fsp3) is 0.571. The summed E-state index contributed by atoms with van der Waals surface area (Å²) in [5.74, 6) is 0.726. The molecule has 0 spiro atoms. The predicted octanol–water partition coefficient (Wildman–Crippen LogP) is 2.99. The minimum absolute atomic E-state index is 0.263. The number of halogens is 1. The first kappa shape index (κ1) is 15.3. The molecule has 0 aliphatic rings. The molecule has 0 aliphatic carbocycles. The monoisotopic (exact) mass is 271 g/mol. The first-order valence-electron chi connectivity index (χ1n) is 6.27. The van der Waals surface area contributed by atoms with Crippen molar-refractivity contribution in [2.45, 2.75) is 52.5 Å². The molecule has 0 aromatic heterocycles. The molecule has 0 radical (unpaired) electrons. The zero-order chi connectivity index (χ0) is 13.7. The lowest BCUT2D eigenvalue weighted by Crippen LogP contribution is -2.27. The molecule has 18 heavy (non-hydrogen) atoms. The van der Waals surface area contributed by atoms with Crippen LogP contribution in [0, 0.1) is 0 Å². The highest BCUT2D eigenvalue weighted by atomic mass is 35.5. The third-order valence-electron chi connectivity index (χ3n) is 2.76. The van der Waals surface area contributed by atoms with E-state index in [9.17, 15) is 5.11 Å². The van der Waals surface area contributed by atoms with Crippen LogP contribution in [0.25, 0.3) is 0 Å². The summed E-state index contributed by atoms with van der Waals surface area (Å²) in [6.45, 7) is 8.36. The van der Waals surface area contributed by atoms with Gasteiger partial charge in [-0.3, -0.25) is 0 Å². The Bertz CT molecular complexity index is 380. The maximum absolute atomic E-state index is 9.49. The second kappa shape index (κ2) is 6.98. The maximum Gasteiger partial charge on any atom is 0.125 e. The SMILES string of the molecule is CC(C)NCc1c(Cl)cccc1OC(C)C(C)O. The van der Waals surface area contributed by atoms with E-state index in [0.29, 0.717) is 17.6 Å². The number of benzene rings is 1. The van der Waals surface area contributed by atoms with Gasteiger partial charge in [0.25, 0.3) is 0 Å².